The fourth-order valence-electron chi connectivity index (χ4n) is 4.30. The van der Waals surface area contributed by atoms with Crippen molar-refractivity contribution in [1.29, 1.82) is 0 Å². The fraction of sp³-hybridized carbons (Fsp3) is 0.692. The first-order valence-corrected chi connectivity index (χ1v) is 14.4. The minimum atomic E-state index is -4.22. The van der Waals surface area contributed by atoms with Crippen molar-refractivity contribution in [2.45, 2.75) is 86.5 Å². The molecule has 0 atom stereocenters. The minimum absolute atomic E-state index is 0.153. The monoisotopic (exact) mass is 542 g/mol. The van der Waals surface area contributed by atoms with Gasteiger partial charge in [0, 0.05) is 25.6 Å². The number of aliphatic hydroxyl groups is 1. The van der Waals surface area contributed by atoms with Gasteiger partial charge in [-0.3, -0.25) is 9.52 Å². The molecule has 0 unspecified atom stereocenters. The lowest BCUT2D eigenvalue weighted by Crippen LogP contribution is -2.36. The Morgan fingerprint density at radius 1 is 1.00 bits per heavy atom. The fourth-order valence-corrected chi connectivity index (χ4v) is 5.23. The van der Waals surface area contributed by atoms with E-state index in [0.29, 0.717) is 16.9 Å². The molecule has 2 amide bonds. The van der Waals surface area contributed by atoms with Crippen molar-refractivity contribution >= 4 is 39.3 Å². The molecule has 0 bridgehead atoms. The van der Waals surface area contributed by atoms with Gasteiger partial charge in [0.1, 0.15) is 0 Å². The van der Waals surface area contributed by atoms with Gasteiger partial charge in [0.2, 0.25) is 5.91 Å². The molecule has 1 aliphatic rings. The van der Waals surface area contributed by atoms with E-state index < -0.39 is 21.7 Å². The Labute approximate surface area is 222 Å². The molecule has 0 saturated carbocycles. The Morgan fingerprint density at radius 3 is 2.16 bits per heavy atom. The van der Waals surface area contributed by atoms with Crippen molar-refractivity contribution in [3.63, 3.8) is 0 Å². The molecule has 11 heteroatoms. The highest BCUT2D eigenvalue weighted by molar-refractivity contribution is 7.91. The molecule has 0 radical (unpaired) electrons. The van der Waals surface area contributed by atoms with E-state index in [4.69, 9.17) is 5.11 Å². The van der Waals surface area contributed by atoms with Crippen molar-refractivity contribution < 1.29 is 27.9 Å². The Morgan fingerprint density at radius 2 is 1.59 bits per heavy atom. The number of aliphatic hydroxyl groups excluding tert-OH is 1. The molecule has 212 valence electrons. The summed E-state index contributed by atoms with van der Waals surface area (Å²) < 4.78 is 33.8. The first-order chi connectivity index (χ1) is 17.3. The van der Waals surface area contributed by atoms with Gasteiger partial charge in [-0.1, -0.05) is 59.8 Å². The number of rotatable bonds is 11. The molecule has 0 fully saturated rings. The van der Waals surface area contributed by atoms with Crippen LogP contribution in [-0.2, 0) is 26.2 Å². The number of anilines is 3. The van der Waals surface area contributed by atoms with Gasteiger partial charge in [0.25, 0.3) is 0 Å². The SMILES string of the molecule is CCCCCCCCN1CCc2c(C)c(NS(=O)(=O)NC(=O)OC)c(C)c(NC(=O)C(C)(C)C)c21.CO. The number of ether oxygens (including phenoxy) is 1. The normalized spacial score (nSPS) is 12.8. The molecule has 4 N–H and O–H groups in total. The lowest BCUT2D eigenvalue weighted by molar-refractivity contribution is -0.123. The van der Waals surface area contributed by atoms with E-state index in [1.807, 2.05) is 32.4 Å². The molecule has 0 saturated heterocycles. The third-order valence-electron chi connectivity index (χ3n) is 6.39. The van der Waals surface area contributed by atoms with Crippen molar-refractivity contribution in [1.82, 2.24) is 4.72 Å². The molecule has 0 spiro atoms. The summed E-state index contributed by atoms with van der Waals surface area (Å²) in [6.07, 6.45) is 6.83. The Bertz CT molecular complexity index is 1030. The molecule has 1 aromatic carbocycles. The van der Waals surface area contributed by atoms with Crippen LogP contribution in [0.5, 0.6) is 0 Å². The Kier molecular flexibility index (Phi) is 12.7. The zero-order valence-electron chi connectivity index (χ0n) is 23.7. The van der Waals surface area contributed by atoms with Crippen LogP contribution in [0.3, 0.4) is 0 Å². The number of hydrogen-bond donors (Lipinski definition) is 4. The molecular formula is C26H46N4O6S. The summed E-state index contributed by atoms with van der Waals surface area (Å²) in [5.41, 5.74) is 3.70. The molecule has 0 aromatic heterocycles. The van der Waals surface area contributed by atoms with Crippen LogP contribution in [0.1, 0.15) is 82.9 Å². The predicted octanol–water partition coefficient (Wildman–Crippen LogP) is 4.63. The lowest BCUT2D eigenvalue weighted by Gasteiger charge is -2.28. The summed E-state index contributed by atoms with van der Waals surface area (Å²) in [6.45, 7) is 13.1. The highest BCUT2D eigenvalue weighted by Gasteiger charge is 2.32. The highest BCUT2D eigenvalue weighted by Crippen LogP contribution is 2.45. The average molecular weight is 543 g/mol. The molecule has 1 heterocycles. The van der Waals surface area contributed by atoms with E-state index >= 15 is 0 Å². The molecule has 2 rings (SSSR count). The molecule has 37 heavy (non-hydrogen) atoms. The number of methoxy groups -OCH3 is 1. The summed E-state index contributed by atoms with van der Waals surface area (Å²) in [5.74, 6) is -0.153. The van der Waals surface area contributed by atoms with Gasteiger partial charge < -0.3 is 20.1 Å². The van der Waals surface area contributed by atoms with Crippen LogP contribution in [0.15, 0.2) is 0 Å². The van der Waals surface area contributed by atoms with Crippen molar-refractivity contribution in [2.75, 3.05) is 42.2 Å². The summed E-state index contributed by atoms with van der Waals surface area (Å²) in [4.78, 5) is 26.8. The number of benzene rings is 1. The van der Waals surface area contributed by atoms with E-state index in [1.165, 1.54) is 25.7 Å². The summed E-state index contributed by atoms with van der Waals surface area (Å²) in [6, 6.07) is 0. The van der Waals surface area contributed by atoms with Crippen molar-refractivity contribution in [3.05, 3.63) is 16.7 Å². The van der Waals surface area contributed by atoms with Crippen LogP contribution < -0.4 is 19.7 Å². The van der Waals surface area contributed by atoms with E-state index in [0.717, 1.165) is 63.4 Å². The van der Waals surface area contributed by atoms with Crippen LogP contribution in [0.4, 0.5) is 21.9 Å². The lowest BCUT2D eigenvalue weighted by atomic mass is 9.94. The number of hydrogen-bond acceptors (Lipinski definition) is 7. The Balaban J connectivity index is 0.00000334. The standard InChI is InChI=1S/C25H42N4O5S.CH4O/c1-8-9-10-11-12-13-15-29-16-14-19-17(2)20(27-35(32,33)28-24(31)34-7)18(3)21(22(19)29)26-23(30)25(4,5)6;1-2/h27H,8-16H2,1-7H3,(H,26,30)(H,28,31);2H,1H3. The number of nitrogens with one attached hydrogen (secondary N) is 3. The van der Waals surface area contributed by atoms with Crippen molar-refractivity contribution in [3.8, 4) is 0 Å². The quantitative estimate of drug-likeness (QED) is 0.299. The van der Waals surface area contributed by atoms with Crippen LogP contribution in [0.25, 0.3) is 0 Å². The largest absolute Gasteiger partial charge is 0.452 e. The number of unbranched alkanes of at least 4 members (excludes halogenated alkanes) is 5. The number of carbonyl (C=O) groups excluding carboxylic acids is 2. The number of amides is 2. The first kappa shape index (κ1) is 32.5. The first-order valence-electron chi connectivity index (χ1n) is 12.9. The molecular weight excluding hydrogens is 496 g/mol. The summed E-state index contributed by atoms with van der Waals surface area (Å²) >= 11 is 0. The molecule has 1 aliphatic heterocycles. The van der Waals surface area contributed by atoms with Gasteiger partial charge >= 0.3 is 16.3 Å². The third kappa shape index (κ3) is 9.07. The van der Waals surface area contributed by atoms with Gasteiger partial charge in [0.15, 0.2) is 0 Å². The second kappa shape index (κ2) is 14.4. The predicted molar refractivity (Wildman–Crippen MR) is 150 cm³/mol. The second-order valence-corrected chi connectivity index (χ2v) is 11.7. The van der Waals surface area contributed by atoms with Crippen LogP contribution in [0, 0.1) is 19.3 Å². The Hall–Kier alpha value is -2.53. The summed E-state index contributed by atoms with van der Waals surface area (Å²) in [7, 11) is -2.13. The van der Waals surface area contributed by atoms with Gasteiger partial charge in [-0.2, -0.15) is 8.42 Å². The van der Waals surface area contributed by atoms with E-state index in [1.54, 1.807) is 6.92 Å². The maximum absolute atomic E-state index is 13.0. The molecule has 1 aromatic rings. The number of fused-ring (bicyclic) bond motifs is 1. The maximum Gasteiger partial charge on any atom is 0.422 e. The van der Waals surface area contributed by atoms with Gasteiger partial charge in [-0.25, -0.2) is 9.52 Å². The molecule has 10 nitrogen and oxygen atoms in total. The number of nitrogens with zero attached hydrogens (tertiary/aromatic N) is 1. The summed E-state index contributed by atoms with van der Waals surface area (Å²) in [5, 5.41) is 10.1. The highest BCUT2D eigenvalue weighted by atomic mass is 32.2. The second-order valence-electron chi connectivity index (χ2n) is 10.2. The van der Waals surface area contributed by atoms with Gasteiger partial charge in [-0.15, -0.1) is 0 Å². The van der Waals surface area contributed by atoms with Crippen LogP contribution in [0.2, 0.25) is 0 Å². The van der Waals surface area contributed by atoms with E-state index in [-0.39, 0.29) is 5.91 Å². The topological polar surface area (TPSA) is 137 Å². The zero-order valence-corrected chi connectivity index (χ0v) is 24.5. The van der Waals surface area contributed by atoms with Crippen LogP contribution >= 0.6 is 0 Å². The van der Waals surface area contributed by atoms with Gasteiger partial charge in [0.05, 0.1) is 24.2 Å². The number of carbonyl (C=O) groups is 2. The molecule has 0 aliphatic carbocycles. The van der Waals surface area contributed by atoms with E-state index in [9.17, 15) is 18.0 Å². The third-order valence-corrected chi connectivity index (χ3v) is 7.30. The van der Waals surface area contributed by atoms with Crippen LogP contribution in [-0.4, -0.2) is 52.8 Å². The van der Waals surface area contributed by atoms with Crippen molar-refractivity contribution in [2.24, 2.45) is 5.41 Å². The van der Waals surface area contributed by atoms with E-state index in [2.05, 4.69) is 26.6 Å². The minimum Gasteiger partial charge on any atom is -0.452 e. The average Bonchev–Trinajstić information content (AvgIpc) is 3.25. The van der Waals surface area contributed by atoms with Gasteiger partial charge in [-0.05, 0) is 43.4 Å². The smallest absolute Gasteiger partial charge is 0.422 e. The maximum atomic E-state index is 13.0. The zero-order chi connectivity index (χ0) is 28.4.